The van der Waals surface area contributed by atoms with Crippen LogP contribution < -0.4 is 5.32 Å². The topological polar surface area (TPSA) is 66.4 Å². The maximum absolute atomic E-state index is 11.4. The number of carbonyl (C=O) groups excluding carboxylic acids is 1. The van der Waals surface area contributed by atoms with Crippen molar-refractivity contribution in [2.24, 2.45) is 0 Å². The predicted octanol–water partition coefficient (Wildman–Crippen LogP) is 1.43. The second-order valence-corrected chi connectivity index (χ2v) is 4.59. The molecule has 0 aliphatic rings. The smallest absolute Gasteiger partial charge is 0.310 e. The Morgan fingerprint density at radius 2 is 2.07 bits per heavy atom. The van der Waals surface area contributed by atoms with E-state index < -0.39 is 13.8 Å². The Balaban J connectivity index is 2.47. The molecule has 2 unspecified atom stereocenters. The largest absolute Gasteiger partial charge is 0.530 e. The fourth-order valence-electron chi connectivity index (χ4n) is 1.12. The van der Waals surface area contributed by atoms with Gasteiger partial charge in [-0.25, -0.2) is 0 Å². The SMILES string of the molecule is CC(NC(=O)Cc1ccccc1)[P+](=O)O. The molecule has 4 nitrogen and oxygen atoms in total. The molecule has 15 heavy (non-hydrogen) atoms. The highest BCUT2D eigenvalue weighted by Gasteiger charge is 2.24. The number of hydrogen-bond donors (Lipinski definition) is 2. The lowest BCUT2D eigenvalue weighted by Gasteiger charge is -2.03. The Morgan fingerprint density at radius 1 is 1.47 bits per heavy atom. The zero-order chi connectivity index (χ0) is 11.3. The van der Waals surface area contributed by atoms with E-state index in [1.165, 1.54) is 6.92 Å². The number of carbonyl (C=O) groups is 1. The molecule has 1 aromatic carbocycles. The molecule has 0 radical (unpaired) electrons. The quantitative estimate of drug-likeness (QED) is 0.763. The second kappa shape index (κ2) is 5.59. The van der Waals surface area contributed by atoms with Gasteiger partial charge in [0.15, 0.2) is 0 Å². The van der Waals surface area contributed by atoms with Gasteiger partial charge >= 0.3 is 8.03 Å². The second-order valence-electron chi connectivity index (χ2n) is 3.21. The molecule has 0 fully saturated rings. The van der Waals surface area contributed by atoms with Crippen molar-refractivity contribution in [1.82, 2.24) is 5.32 Å². The van der Waals surface area contributed by atoms with Crippen LogP contribution in [-0.4, -0.2) is 16.6 Å². The first kappa shape index (κ1) is 11.8. The lowest BCUT2D eigenvalue weighted by atomic mass is 10.1. The third kappa shape index (κ3) is 4.19. The Kier molecular flexibility index (Phi) is 4.40. The van der Waals surface area contributed by atoms with Crippen LogP contribution in [0.1, 0.15) is 12.5 Å². The summed E-state index contributed by atoms with van der Waals surface area (Å²) in [5, 5.41) is 2.46. The van der Waals surface area contributed by atoms with Crippen molar-refractivity contribution in [3.05, 3.63) is 35.9 Å². The summed E-state index contributed by atoms with van der Waals surface area (Å²) < 4.78 is 10.6. The molecule has 80 valence electrons. The molecule has 1 amide bonds. The van der Waals surface area contributed by atoms with Crippen molar-refractivity contribution in [2.45, 2.75) is 19.1 Å². The average molecular weight is 226 g/mol. The van der Waals surface area contributed by atoms with E-state index in [-0.39, 0.29) is 12.3 Å². The van der Waals surface area contributed by atoms with Crippen LogP contribution in [0, 0.1) is 0 Å². The molecule has 1 aromatic rings. The van der Waals surface area contributed by atoms with E-state index in [2.05, 4.69) is 5.32 Å². The summed E-state index contributed by atoms with van der Waals surface area (Å²) in [6, 6.07) is 9.23. The molecule has 5 heteroatoms. The van der Waals surface area contributed by atoms with Crippen molar-refractivity contribution in [3.63, 3.8) is 0 Å². The van der Waals surface area contributed by atoms with E-state index >= 15 is 0 Å². The van der Waals surface area contributed by atoms with Crippen LogP contribution >= 0.6 is 8.03 Å². The standard InChI is InChI=1S/C10H12NO3P/c1-8(15(13)14)11-10(12)7-9-5-3-2-4-6-9/h2-6,8H,7H2,1H3,(H-,11,12,13,14)/p+1. The summed E-state index contributed by atoms with van der Waals surface area (Å²) in [4.78, 5) is 20.1. The van der Waals surface area contributed by atoms with E-state index in [0.717, 1.165) is 5.56 Å². The van der Waals surface area contributed by atoms with Crippen LogP contribution in [0.15, 0.2) is 30.3 Å². The predicted molar refractivity (Wildman–Crippen MR) is 57.6 cm³/mol. The van der Waals surface area contributed by atoms with Crippen molar-refractivity contribution in [3.8, 4) is 0 Å². The number of rotatable bonds is 4. The van der Waals surface area contributed by atoms with E-state index in [1.54, 1.807) is 0 Å². The molecule has 0 aliphatic carbocycles. The summed E-state index contributed by atoms with van der Waals surface area (Å²) in [7, 11) is -2.35. The molecule has 0 aromatic heterocycles. The van der Waals surface area contributed by atoms with Gasteiger partial charge in [0.1, 0.15) is 0 Å². The third-order valence-corrected chi connectivity index (χ3v) is 2.70. The maximum atomic E-state index is 11.4. The van der Waals surface area contributed by atoms with E-state index in [1.807, 2.05) is 30.3 Å². The Morgan fingerprint density at radius 3 is 2.60 bits per heavy atom. The normalized spacial score (nSPS) is 13.1. The molecule has 0 saturated carbocycles. The van der Waals surface area contributed by atoms with E-state index in [0.29, 0.717) is 0 Å². The van der Waals surface area contributed by atoms with Crippen LogP contribution in [0.2, 0.25) is 0 Å². The van der Waals surface area contributed by atoms with Crippen molar-refractivity contribution >= 4 is 13.9 Å². The molecule has 0 saturated heterocycles. The first-order chi connectivity index (χ1) is 7.09. The molecular weight excluding hydrogens is 213 g/mol. The molecule has 0 aliphatic heterocycles. The lowest BCUT2D eigenvalue weighted by Crippen LogP contribution is -2.31. The highest BCUT2D eigenvalue weighted by atomic mass is 31.1. The summed E-state index contributed by atoms with van der Waals surface area (Å²) in [5.41, 5.74) is 0.885. The van der Waals surface area contributed by atoms with Crippen LogP contribution in [0.25, 0.3) is 0 Å². The van der Waals surface area contributed by atoms with Crippen molar-refractivity contribution in [1.29, 1.82) is 0 Å². The fraction of sp³-hybridized carbons (Fsp3) is 0.300. The van der Waals surface area contributed by atoms with Crippen molar-refractivity contribution < 1.29 is 14.3 Å². The summed E-state index contributed by atoms with van der Waals surface area (Å²) in [6.07, 6.45) is 0.231. The number of amides is 1. The van der Waals surface area contributed by atoms with Crippen LogP contribution in [-0.2, 0) is 15.8 Å². The van der Waals surface area contributed by atoms with Gasteiger partial charge in [-0.2, -0.15) is 4.89 Å². The molecular formula is C10H13NO3P+. The highest BCUT2D eigenvalue weighted by molar-refractivity contribution is 7.38. The molecule has 2 N–H and O–H groups in total. The minimum atomic E-state index is -2.35. The zero-order valence-corrected chi connectivity index (χ0v) is 9.28. The minimum absolute atomic E-state index is 0.231. The molecule has 2 atom stereocenters. The monoisotopic (exact) mass is 226 g/mol. The van der Waals surface area contributed by atoms with Gasteiger partial charge in [-0.05, 0) is 10.1 Å². The van der Waals surface area contributed by atoms with Crippen LogP contribution in [0.4, 0.5) is 0 Å². The van der Waals surface area contributed by atoms with Gasteiger partial charge in [0.05, 0.1) is 6.42 Å². The Labute approximate surface area is 89.2 Å². The van der Waals surface area contributed by atoms with E-state index in [9.17, 15) is 9.36 Å². The van der Waals surface area contributed by atoms with E-state index in [4.69, 9.17) is 4.89 Å². The minimum Gasteiger partial charge on any atom is -0.310 e. The number of benzene rings is 1. The van der Waals surface area contributed by atoms with Gasteiger partial charge in [0, 0.05) is 6.92 Å². The highest BCUT2D eigenvalue weighted by Crippen LogP contribution is 2.18. The Hall–Kier alpha value is -1.25. The number of hydrogen-bond acceptors (Lipinski definition) is 2. The average Bonchev–Trinajstić information content (AvgIpc) is 2.18. The van der Waals surface area contributed by atoms with Crippen molar-refractivity contribution in [2.75, 3.05) is 0 Å². The van der Waals surface area contributed by atoms with Gasteiger partial charge in [0.2, 0.25) is 5.91 Å². The van der Waals surface area contributed by atoms with Gasteiger partial charge in [-0.15, -0.1) is 0 Å². The first-order valence-electron chi connectivity index (χ1n) is 4.58. The van der Waals surface area contributed by atoms with Gasteiger partial charge < -0.3 is 5.32 Å². The van der Waals surface area contributed by atoms with Crippen LogP contribution in [0.5, 0.6) is 0 Å². The summed E-state index contributed by atoms with van der Waals surface area (Å²) >= 11 is 0. The lowest BCUT2D eigenvalue weighted by molar-refractivity contribution is -0.120. The van der Waals surface area contributed by atoms with Gasteiger partial charge in [-0.1, -0.05) is 30.3 Å². The third-order valence-electron chi connectivity index (χ3n) is 1.91. The van der Waals surface area contributed by atoms with Crippen LogP contribution in [0.3, 0.4) is 0 Å². The molecule has 0 spiro atoms. The first-order valence-corrected chi connectivity index (χ1v) is 5.86. The fourth-order valence-corrected chi connectivity index (χ4v) is 1.37. The number of nitrogens with one attached hydrogen (secondary N) is 1. The molecule has 1 rings (SSSR count). The Bertz CT molecular complexity index is 353. The zero-order valence-electron chi connectivity index (χ0n) is 8.38. The summed E-state index contributed by atoms with van der Waals surface area (Å²) in [5.74, 6) is -0.942. The van der Waals surface area contributed by atoms with Gasteiger partial charge in [0.25, 0.3) is 5.78 Å². The summed E-state index contributed by atoms with van der Waals surface area (Å²) in [6.45, 7) is 1.50. The van der Waals surface area contributed by atoms with Gasteiger partial charge in [-0.3, -0.25) is 4.79 Å². The molecule has 0 heterocycles. The maximum Gasteiger partial charge on any atom is 0.530 e. The molecule has 0 bridgehead atoms.